The maximum absolute atomic E-state index is 4.63. The van der Waals surface area contributed by atoms with E-state index in [1.807, 2.05) is 24.4 Å². The molecular formula is C15H15N3S. The zero-order chi connectivity index (χ0) is 13.1. The number of aliphatic imine (C=N–C) groups is 1. The maximum Gasteiger partial charge on any atom is 0.115 e. The average Bonchev–Trinajstić information content (AvgIpc) is 2.97. The van der Waals surface area contributed by atoms with Crippen LogP contribution in [-0.2, 0) is 6.42 Å². The van der Waals surface area contributed by atoms with Crippen LogP contribution >= 0.6 is 11.3 Å². The Bertz CT molecular complexity index is 613. The lowest BCUT2D eigenvalue weighted by Gasteiger charge is -2.21. The molecule has 0 spiro atoms. The minimum atomic E-state index is 0.662. The zero-order valence-corrected chi connectivity index (χ0v) is 11.6. The van der Waals surface area contributed by atoms with Crippen LogP contribution in [0.2, 0.25) is 0 Å². The first kappa shape index (κ1) is 12.1. The predicted molar refractivity (Wildman–Crippen MR) is 81.0 cm³/mol. The summed E-state index contributed by atoms with van der Waals surface area (Å²) in [6.07, 6.45) is 7.05. The molecule has 0 aliphatic carbocycles. The SMILES string of the molecule is CCc1ncc(C2=NCN(c3ccccc3)C=C2)s1. The Morgan fingerprint density at radius 1 is 1.26 bits per heavy atom. The fourth-order valence-electron chi connectivity index (χ4n) is 1.95. The molecule has 1 aliphatic rings. The van der Waals surface area contributed by atoms with Crippen LogP contribution in [0.15, 0.2) is 53.8 Å². The third-order valence-corrected chi connectivity index (χ3v) is 4.17. The molecule has 0 unspecified atom stereocenters. The summed E-state index contributed by atoms with van der Waals surface area (Å²) in [5, 5.41) is 1.16. The van der Waals surface area contributed by atoms with Crippen LogP contribution in [0.1, 0.15) is 16.8 Å². The number of hydrogen-bond donors (Lipinski definition) is 0. The van der Waals surface area contributed by atoms with Gasteiger partial charge in [-0.15, -0.1) is 11.3 Å². The third-order valence-electron chi connectivity index (χ3n) is 3.00. The second-order valence-corrected chi connectivity index (χ2v) is 5.39. The lowest BCUT2D eigenvalue weighted by atomic mass is 10.2. The normalized spacial score (nSPS) is 14.6. The molecule has 0 amide bonds. The summed E-state index contributed by atoms with van der Waals surface area (Å²) in [7, 11) is 0. The van der Waals surface area contributed by atoms with Gasteiger partial charge in [0.1, 0.15) is 6.67 Å². The Morgan fingerprint density at radius 3 is 2.74 bits per heavy atom. The van der Waals surface area contributed by atoms with Gasteiger partial charge in [0.2, 0.25) is 0 Å². The molecule has 0 bridgehead atoms. The Balaban J connectivity index is 1.76. The lowest BCUT2D eigenvalue weighted by molar-refractivity contribution is 0.964. The van der Waals surface area contributed by atoms with E-state index in [-0.39, 0.29) is 0 Å². The van der Waals surface area contributed by atoms with Gasteiger partial charge in [-0.25, -0.2) is 4.98 Å². The highest BCUT2D eigenvalue weighted by molar-refractivity contribution is 7.13. The minimum Gasteiger partial charge on any atom is -0.328 e. The third kappa shape index (κ3) is 2.58. The van der Waals surface area contributed by atoms with Gasteiger partial charge in [0.15, 0.2) is 0 Å². The van der Waals surface area contributed by atoms with Crippen LogP contribution < -0.4 is 4.90 Å². The van der Waals surface area contributed by atoms with E-state index in [1.165, 1.54) is 5.69 Å². The van der Waals surface area contributed by atoms with Gasteiger partial charge >= 0.3 is 0 Å². The van der Waals surface area contributed by atoms with E-state index in [9.17, 15) is 0 Å². The molecule has 0 fully saturated rings. The maximum atomic E-state index is 4.63. The van der Waals surface area contributed by atoms with Crippen molar-refractivity contribution in [2.24, 2.45) is 4.99 Å². The monoisotopic (exact) mass is 269 g/mol. The van der Waals surface area contributed by atoms with E-state index in [1.54, 1.807) is 11.3 Å². The van der Waals surface area contributed by atoms with Gasteiger partial charge < -0.3 is 4.90 Å². The van der Waals surface area contributed by atoms with Crippen molar-refractivity contribution in [1.29, 1.82) is 0 Å². The van der Waals surface area contributed by atoms with Crippen molar-refractivity contribution in [3.05, 3.63) is 58.7 Å². The van der Waals surface area contributed by atoms with Crippen molar-refractivity contribution in [2.75, 3.05) is 11.6 Å². The molecule has 1 aromatic carbocycles. The van der Waals surface area contributed by atoms with Crippen molar-refractivity contribution >= 4 is 22.7 Å². The van der Waals surface area contributed by atoms with E-state index in [4.69, 9.17) is 0 Å². The van der Waals surface area contributed by atoms with Crippen LogP contribution in [0.5, 0.6) is 0 Å². The largest absolute Gasteiger partial charge is 0.328 e. The second kappa shape index (κ2) is 5.36. The standard InChI is InChI=1S/C15H15N3S/c1-2-15-16-10-14(19-15)13-8-9-18(11-17-13)12-6-4-3-5-7-12/h3-10H,2,11H2,1H3. The molecule has 0 radical (unpaired) electrons. The second-order valence-electron chi connectivity index (χ2n) is 4.28. The molecule has 0 saturated heterocycles. The first-order chi connectivity index (χ1) is 9.36. The lowest BCUT2D eigenvalue weighted by Crippen LogP contribution is -2.21. The fraction of sp³-hybridized carbons (Fsp3) is 0.200. The molecule has 1 aromatic heterocycles. The average molecular weight is 269 g/mol. The Labute approximate surface area is 116 Å². The van der Waals surface area contributed by atoms with E-state index in [0.29, 0.717) is 6.67 Å². The first-order valence-electron chi connectivity index (χ1n) is 6.36. The van der Waals surface area contributed by atoms with Gasteiger partial charge in [-0.05, 0) is 24.6 Å². The molecule has 2 heterocycles. The number of aryl methyl sites for hydroxylation is 1. The summed E-state index contributed by atoms with van der Waals surface area (Å²) in [5.74, 6) is 0. The predicted octanol–water partition coefficient (Wildman–Crippen LogP) is 3.49. The zero-order valence-electron chi connectivity index (χ0n) is 10.8. The molecular weight excluding hydrogens is 254 g/mol. The molecule has 1 aliphatic heterocycles. The summed E-state index contributed by atoms with van der Waals surface area (Å²) in [6, 6.07) is 10.3. The minimum absolute atomic E-state index is 0.662. The Hall–Kier alpha value is -1.94. The highest BCUT2D eigenvalue weighted by Gasteiger charge is 2.11. The molecule has 0 saturated carbocycles. The molecule has 4 heteroatoms. The van der Waals surface area contributed by atoms with Gasteiger partial charge in [0.05, 0.1) is 15.6 Å². The molecule has 0 N–H and O–H groups in total. The number of anilines is 1. The summed E-state index contributed by atoms with van der Waals surface area (Å²) in [6.45, 7) is 2.79. The number of para-hydroxylation sites is 1. The highest BCUT2D eigenvalue weighted by atomic mass is 32.1. The molecule has 19 heavy (non-hydrogen) atoms. The van der Waals surface area contributed by atoms with Gasteiger partial charge in [-0.2, -0.15) is 0 Å². The van der Waals surface area contributed by atoms with Gasteiger partial charge in [0.25, 0.3) is 0 Å². The van der Waals surface area contributed by atoms with Crippen LogP contribution in [0.25, 0.3) is 0 Å². The van der Waals surface area contributed by atoms with Crippen LogP contribution in [-0.4, -0.2) is 17.4 Å². The molecule has 3 nitrogen and oxygen atoms in total. The van der Waals surface area contributed by atoms with Crippen LogP contribution in [0.4, 0.5) is 5.69 Å². The highest BCUT2D eigenvalue weighted by Crippen LogP contribution is 2.20. The summed E-state index contributed by atoms with van der Waals surface area (Å²) in [5.41, 5.74) is 2.20. The van der Waals surface area contributed by atoms with E-state index in [0.717, 1.165) is 22.0 Å². The number of nitrogens with zero attached hydrogens (tertiary/aromatic N) is 3. The van der Waals surface area contributed by atoms with E-state index >= 15 is 0 Å². The topological polar surface area (TPSA) is 28.5 Å². The summed E-state index contributed by atoms with van der Waals surface area (Å²) < 4.78 is 0. The van der Waals surface area contributed by atoms with E-state index in [2.05, 4.69) is 46.2 Å². The van der Waals surface area contributed by atoms with Crippen molar-refractivity contribution < 1.29 is 0 Å². The molecule has 0 atom stereocenters. The Kier molecular flexibility index (Phi) is 3.42. The van der Waals surface area contributed by atoms with Crippen molar-refractivity contribution in [3.8, 4) is 0 Å². The summed E-state index contributed by atoms with van der Waals surface area (Å²) >= 11 is 1.72. The fourth-order valence-corrected chi connectivity index (χ4v) is 2.80. The number of hydrogen-bond acceptors (Lipinski definition) is 4. The molecule has 96 valence electrons. The van der Waals surface area contributed by atoms with Crippen LogP contribution in [0, 0.1) is 0 Å². The number of allylic oxidation sites excluding steroid dienone is 1. The number of benzene rings is 1. The van der Waals surface area contributed by atoms with E-state index < -0.39 is 0 Å². The molecule has 3 rings (SSSR count). The Morgan fingerprint density at radius 2 is 2.11 bits per heavy atom. The smallest absolute Gasteiger partial charge is 0.115 e. The van der Waals surface area contributed by atoms with Gasteiger partial charge in [0, 0.05) is 18.1 Å². The summed E-state index contributed by atoms with van der Waals surface area (Å²) in [4.78, 5) is 12.3. The number of thiazole rings is 1. The van der Waals surface area contributed by atoms with Crippen molar-refractivity contribution in [3.63, 3.8) is 0 Å². The first-order valence-corrected chi connectivity index (χ1v) is 7.18. The van der Waals surface area contributed by atoms with Gasteiger partial charge in [-0.3, -0.25) is 4.99 Å². The van der Waals surface area contributed by atoms with Crippen molar-refractivity contribution in [2.45, 2.75) is 13.3 Å². The van der Waals surface area contributed by atoms with Gasteiger partial charge in [-0.1, -0.05) is 25.1 Å². The molecule has 2 aromatic rings. The number of rotatable bonds is 3. The quantitative estimate of drug-likeness (QED) is 0.853. The van der Waals surface area contributed by atoms with Crippen molar-refractivity contribution in [1.82, 2.24) is 4.98 Å². The van der Waals surface area contributed by atoms with Crippen LogP contribution in [0.3, 0.4) is 0 Å². The number of aromatic nitrogens is 1.